The summed E-state index contributed by atoms with van der Waals surface area (Å²) >= 11 is 0. The first kappa shape index (κ1) is 19.8. The van der Waals surface area contributed by atoms with E-state index in [2.05, 4.69) is 12.2 Å². The number of hydrogen-bond acceptors (Lipinski definition) is 4. The molecule has 0 bridgehead atoms. The van der Waals surface area contributed by atoms with E-state index < -0.39 is 12.0 Å². The number of methoxy groups -OCH3 is 2. The third-order valence-corrected chi connectivity index (χ3v) is 3.85. The molecule has 2 atom stereocenters. The van der Waals surface area contributed by atoms with Crippen molar-refractivity contribution >= 4 is 11.9 Å². The van der Waals surface area contributed by atoms with Crippen LogP contribution in [0.15, 0.2) is 18.2 Å². The Hall–Kier alpha value is -2.24. The van der Waals surface area contributed by atoms with Crippen LogP contribution in [0.2, 0.25) is 0 Å². The highest BCUT2D eigenvalue weighted by atomic mass is 16.5. The van der Waals surface area contributed by atoms with E-state index in [0.29, 0.717) is 23.5 Å². The molecule has 24 heavy (non-hydrogen) atoms. The summed E-state index contributed by atoms with van der Waals surface area (Å²) in [4.78, 5) is 23.4. The number of hydrogen-bond donors (Lipinski definition) is 2. The fourth-order valence-corrected chi connectivity index (χ4v) is 2.68. The first-order chi connectivity index (χ1) is 11.4. The van der Waals surface area contributed by atoms with E-state index in [9.17, 15) is 14.7 Å². The van der Waals surface area contributed by atoms with E-state index in [4.69, 9.17) is 9.47 Å². The highest BCUT2D eigenvalue weighted by Gasteiger charge is 2.22. The molecule has 0 fully saturated rings. The molecule has 0 aliphatic heterocycles. The van der Waals surface area contributed by atoms with Gasteiger partial charge in [-0.3, -0.25) is 9.59 Å². The normalized spacial score (nSPS) is 13.0. The van der Waals surface area contributed by atoms with Gasteiger partial charge in [-0.1, -0.05) is 26.7 Å². The van der Waals surface area contributed by atoms with Gasteiger partial charge in [0.1, 0.15) is 11.5 Å². The number of ether oxygens (including phenoxy) is 2. The number of aliphatic carboxylic acids is 1. The average molecular weight is 337 g/mol. The Morgan fingerprint density at radius 1 is 1.21 bits per heavy atom. The van der Waals surface area contributed by atoms with Crippen LogP contribution < -0.4 is 14.8 Å². The first-order valence-electron chi connectivity index (χ1n) is 8.14. The van der Waals surface area contributed by atoms with Gasteiger partial charge in [-0.15, -0.1) is 0 Å². The molecule has 0 aromatic heterocycles. The summed E-state index contributed by atoms with van der Waals surface area (Å²) in [6.45, 7) is 4.09. The van der Waals surface area contributed by atoms with E-state index >= 15 is 0 Å². The molecular weight excluding hydrogens is 310 g/mol. The Kier molecular flexibility index (Phi) is 8.09. The molecule has 1 amide bonds. The van der Waals surface area contributed by atoms with Crippen molar-refractivity contribution < 1.29 is 24.2 Å². The molecular formula is C18H27NO5. The minimum atomic E-state index is -0.986. The maximum atomic E-state index is 12.2. The van der Waals surface area contributed by atoms with Gasteiger partial charge in [-0.2, -0.15) is 0 Å². The molecule has 0 radical (unpaired) electrons. The number of rotatable bonds is 10. The molecule has 2 unspecified atom stereocenters. The summed E-state index contributed by atoms with van der Waals surface area (Å²) in [6.07, 6.45) is 2.14. The van der Waals surface area contributed by atoms with Crippen molar-refractivity contribution in [3.8, 4) is 11.5 Å². The van der Waals surface area contributed by atoms with E-state index in [1.165, 1.54) is 7.11 Å². The minimum absolute atomic E-state index is 0.153. The summed E-state index contributed by atoms with van der Waals surface area (Å²) in [7, 11) is 3.04. The van der Waals surface area contributed by atoms with Gasteiger partial charge in [-0.05, 0) is 18.1 Å². The van der Waals surface area contributed by atoms with E-state index in [-0.39, 0.29) is 18.2 Å². The van der Waals surface area contributed by atoms with Gasteiger partial charge in [0.2, 0.25) is 5.91 Å². The van der Waals surface area contributed by atoms with Gasteiger partial charge in [0.25, 0.3) is 0 Å². The first-order valence-corrected chi connectivity index (χ1v) is 8.14. The van der Waals surface area contributed by atoms with Crippen molar-refractivity contribution in [1.82, 2.24) is 5.32 Å². The second kappa shape index (κ2) is 9.80. The molecule has 2 N–H and O–H groups in total. The number of benzene rings is 1. The monoisotopic (exact) mass is 337 g/mol. The minimum Gasteiger partial charge on any atom is -0.497 e. The van der Waals surface area contributed by atoms with Crippen LogP contribution >= 0.6 is 0 Å². The molecule has 0 aliphatic rings. The fraction of sp³-hybridized carbons (Fsp3) is 0.556. The fourth-order valence-electron chi connectivity index (χ4n) is 2.68. The van der Waals surface area contributed by atoms with Crippen LogP contribution in [0.4, 0.5) is 0 Å². The maximum Gasteiger partial charge on any atom is 0.305 e. The summed E-state index contributed by atoms with van der Waals surface area (Å²) in [5, 5.41) is 12.0. The molecule has 6 nitrogen and oxygen atoms in total. The summed E-state index contributed by atoms with van der Waals surface area (Å²) in [5.41, 5.74) is 0.622. The van der Waals surface area contributed by atoms with Gasteiger partial charge in [-0.25, -0.2) is 0 Å². The van der Waals surface area contributed by atoms with Crippen molar-refractivity contribution in [2.24, 2.45) is 5.92 Å². The van der Waals surface area contributed by atoms with Crippen LogP contribution in [0.5, 0.6) is 11.5 Å². The number of carboxylic acids is 1. The van der Waals surface area contributed by atoms with Gasteiger partial charge < -0.3 is 19.9 Å². The van der Waals surface area contributed by atoms with E-state index in [0.717, 1.165) is 12.8 Å². The molecule has 1 rings (SSSR count). The zero-order valence-electron chi connectivity index (χ0n) is 14.8. The molecule has 1 aromatic carbocycles. The molecule has 134 valence electrons. The lowest BCUT2D eigenvalue weighted by molar-refractivity contribution is -0.137. The third kappa shape index (κ3) is 6.10. The molecule has 0 heterocycles. The van der Waals surface area contributed by atoms with Crippen LogP contribution in [-0.4, -0.2) is 31.2 Å². The van der Waals surface area contributed by atoms with Crippen LogP contribution in [0.1, 0.15) is 51.1 Å². The summed E-state index contributed by atoms with van der Waals surface area (Å²) in [6, 6.07) is 4.47. The quantitative estimate of drug-likeness (QED) is 0.685. The SMILES string of the molecule is CCCC(C)CC(=O)NC(CC(=O)O)c1ccc(OC)cc1OC. The third-order valence-electron chi connectivity index (χ3n) is 3.85. The number of amides is 1. The van der Waals surface area contributed by atoms with Gasteiger partial charge >= 0.3 is 5.97 Å². The topological polar surface area (TPSA) is 84.9 Å². The molecule has 0 aliphatic carbocycles. The Morgan fingerprint density at radius 2 is 1.92 bits per heavy atom. The smallest absolute Gasteiger partial charge is 0.305 e. The van der Waals surface area contributed by atoms with Gasteiger partial charge in [0.05, 0.1) is 26.7 Å². The van der Waals surface area contributed by atoms with Crippen LogP contribution in [0, 0.1) is 5.92 Å². The second-order valence-electron chi connectivity index (χ2n) is 5.92. The van der Waals surface area contributed by atoms with E-state index in [1.807, 2.05) is 6.92 Å². The summed E-state index contributed by atoms with van der Waals surface area (Å²) in [5.74, 6) is 0.216. The van der Waals surface area contributed by atoms with Crippen LogP contribution in [-0.2, 0) is 9.59 Å². The number of carboxylic acid groups (broad SMARTS) is 1. The number of carbonyl (C=O) groups excluding carboxylic acids is 1. The van der Waals surface area contributed by atoms with Crippen LogP contribution in [0.3, 0.4) is 0 Å². The van der Waals surface area contributed by atoms with Gasteiger partial charge in [0, 0.05) is 18.1 Å². The number of carbonyl (C=O) groups is 2. The lowest BCUT2D eigenvalue weighted by Gasteiger charge is -2.21. The molecule has 6 heteroatoms. The largest absolute Gasteiger partial charge is 0.497 e. The van der Waals surface area contributed by atoms with Gasteiger partial charge in [0.15, 0.2) is 0 Å². The summed E-state index contributed by atoms with van der Waals surface area (Å²) < 4.78 is 10.5. The molecule has 1 aromatic rings. The standard InChI is InChI=1S/C18H27NO5/c1-5-6-12(2)9-17(20)19-15(11-18(21)22)14-8-7-13(23-3)10-16(14)24-4/h7-8,10,12,15H,5-6,9,11H2,1-4H3,(H,19,20)(H,21,22). The predicted molar refractivity (Wildman–Crippen MR) is 91.4 cm³/mol. The lowest BCUT2D eigenvalue weighted by Crippen LogP contribution is -2.31. The van der Waals surface area contributed by atoms with Crippen LogP contribution in [0.25, 0.3) is 0 Å². The molecule has 0 saturated heterocycles. The Morgan fingerprint density at radius 3 is 2.46 bits per heavy atom. The zero-order chi connectivity index (χ0) is 18.1. The van der Waals surface area contributed by atoms with Crippen molar-refractivity contribution in [2.45, 2.75) is 45.6 Å². The Labute approximate surface area is 143 Å². The van der Waals surface area contributed by atoms with Crippen molar-refractivity contribution in [1.29, 1.82) is 0 Å². The van der Waals surface area contributed by atoms with Crippen molar-refractivity contribution in [2.75, 3.05) is 14.2 Å². The number of nitrogens with one attached hydrogen (secondary N) is 1. The lowest BCUT2D eigenvalue weighted by atomic mass is 9.99. The molecule has 0 spiro atoms. The van der Waals surface area contributed by atoms with Crippen molar-refractivity contribution in [3.05, 3.63) is 23.8 Å². The van der Waals surface area contributed by atoms with E-state index in [1.54, 1.807) is 25.3 Å². The maximum absolute atomic E-state index is 12.2. The average Bonchev–Trinajstić information content (AvgIpc) is 2.53. The predicted octanol–water partition coefficient (Wildman–Crippen LogP) is 3.16. The highest BCUT2D eigenvalue weighted by molar-refractivity contribution is 5.78. The zero-order valence-corrected chi connectivity index (χ0v) is 14.8. The second-order valence-corrected chi connectivity index (χ2v) is 5.92. The van der Waals surface area contributed by atoms with Crippen molar-refractivity contribution in [3.63, 3.8) is 0 Å². The Balaban J connectivity index is 2.96. The Bertz CT molecular complexity index is 558. The highest BCUT2D eigenvalue weighted by Crippen LogP contribution is 2.31. The molecule has 0 saturated carbocycles.